The van der Waals surface area contributed by atoms with Crippen LogP contribution in [0.25, 0.3) is 11.2 Å². The number of fused-ring (bicyclic) bond motifs is 1. The third-order valence-electron chi connectivity index (χ3n) is 9.33. The normalized spacial score (nSPS) is 13.0. The highest BCUT2D eigenvalue weighted by Crippen LogP contribution is 2.22. The summed E-state index contributed by atoms with van der Waals surface area (Å²) in [6.45, 7) is 0.439. The molecule has 0 radical (unpaired) electrons. The summed E-state index contributed by atoms with van der Waals surface area (Å²) in [5.74, 6) is -11.9. The fourth-order valence-corrected chi connectivity index (χ4v) is 7.94. The number of guanidine groups is 1. The van der Waals surface area contributed by atoms with Crippen LogP contribution in [0.15, 0.2) is 35.3 Å². The predicted octanol–water partition coefficient (Wildman–Crippen LogP) is -2.87. The maximum Gasteiger partial charge on any atom is 0.327 e. The van der Waals surface area contributed by atoms with E-state index >= 15 is 0 Å². The van der Waals surface area contributed by atoms with Gasteiger partial charge >= 0.3 is 23.9 Å². The molecule has 2 heterocycles. The van der Waals surface area contributed by atoms with E-state index in [2.05, 4.69) is 57.2 Å². The Morgan fingerprint density at radius 2 is 1.39 bits per heavy atom. The molecule has 31 heteroatoms. The van der Waals surface area contributed by atoms with Crippen molar-refractivity contribution in [2.24, 2.45) is 5.73 Å². The van der Waals surface area contributed by atoms with E-state index < -0.39 is 121 Å². The van der Waals surface area contributed by atoms with Crippen molar-refractivity contribution in [2.75, 3.05) is 42.8 Å². The first-order valence-corrected chi connectivity index (χ1v) is 23.2. The van der Waals surface area contributed by atoms with Gasteiger partial charge in [0.05, 0.1) is 37.9 Å². The zero-order valence-electron chi connectivity index (χ0n) is 37.1. The van der Waals surface area contributed by atoms with Crippen LogP contribution < -0.4 is 54.2 Å². The number of nitrogens with one attached hydrogen (secondary N) is 9. The summed E-state index contributed by atoms with van der Waals surface area (Å²) in [4.78, 5) is 141. The largest absolute Gasteiger partial charge is 0.481 e. The average Bonchev–Trinajstić information content (AvgIpc) is 3.29. The van der Waals surface area contributed by atoms with Crippen molar-refractivity contribution in [3.05, 3.63) is 52.1 Å². The Bertz CT molecular complexity index is 2450. The maximum atomic E-state index is 13.6. The maximum absolute atomic E-state index is 13.6. The number of nitrogens with two attached hydrogens (primary N) is 2. The Kier molecular flexibility index (Phi) is 23.0. The molecule has 380 valence electrons. The number of aromatic nitrogens is 4. The van der Waals surface area contributed by atoms with Gasteiger partial charge in [0.25, 0.3) is 11.5 Å². The van der Waals surface area contributed by atoms with Crippen LogP contribution in [-0.4, -0.2) is 162 Å². The molecular formula is C39H52N14O15S2. The Hall–Kier alpha value is -7.80. The summed E-state index contributed by atoms with van der Waals surface area (Å²) in [5, 5.41) is 62.5. The van der Waals surface area contributed by atoms with Crippen LogP contribution >= 0.6 is 21.6 Å². The number of carbonyl (C=O) groups excluding carboxylic acids is 5. The summed E-state index contributed by atoms with van der Waals surface area (Å²) in [5.41, 5.74) is 11.2. The van der Waals surface area contributed by atoms with Crippen LogP contribution in [0.1, 0.15) is 54.6 Å². The minimum Gasteiger partial charge on any atom is -0.481 e. The number of nitrogen functional groups attached to an aromatic ring is 1. The lowest BCUT2D eigenvalue weighted by atomic mass is 10.1. The Morgan fingerprint density at radius 1 is 0.786 bits per heavy atom. The molecule has 1 aromatic carbocycles. The van der Waals surface area contributed by atoms with E-state index in [1.54, 1.807) is 0 Å². The molecule has 0 bridgehead atoms. The second kappa shape index (κ2) is 28.5. The van der Waals surface area contributed by atoms with Crippen LogP contribution in [0.5, 0.6) is 0 Å². The molecule has 17 N–H and O–H groups in total. The molecule has 5 atom stereocenters. The van der Waals surface area contributed by atoms with Gasteiger partial charge in [-0.05, 0) is 43.5 Å². The number of rotatable bonds is 31. The van der Waals surface area contributed by atoms with E-state index in [4.69, 9.17) is 21.6 Å². The van der Waals surface area contributed by atoms with Crippen LogP contribution in [0, 0.1) is 5.41 Å². The number of hydrogen-bond donors (Lipinski definition) is 15. The Balaban J connectivity index is 1.66. The van der Waals surface area contributed by atoms with E-state index in [9.17, 15) is 68.4 Å². The molecule has 0 spiro atoms. The summed E-state index contributed by atoms with van der Waals surface area (Å²) >= 11 is 0. The standard InChI is InChI=1S/C39H52N14O15S2/c1-68-11-12-69-70-17-25(37(66)67)51-34(62)24(14-28(57)58)50-32(60)21(3-2-10-43-38(40)41)48-33(61)23(13-27(55)56)47-26(54)9-8-22(36(64)65)49-31(59)18-4-6-19(7-5-18)44-15-20-16-45-30-29(46-20)35(63)53-39(42)52-30/h4-7,16,21-25,44H,2-3,8-15,17H2,1H3,(H,47,54)(H,48,61)(H,49,59)(H,50,60)(H,51,62)(H,55,56)(H,57,58)(H,64,65)(H,66,67)(H4,40,41,43)(H3,42,45,52,53,63)/t21-,22-,23-,24-,25-/m0/s1. The molecule has 0 aliphatic heterocycles. The van der Waals surface area contributed by atoms with Crippen molar-refractivity contribution < 1.29 is 68.3 Å². The van der Waals surface area contributed by atoms with Crippen molar-refractivity contribution in [2.45, 2.75) is 75.3 Å². The average molecular weight is 1020 g/mol. The zero-order chi connectivity index (χ0) is 51.9. The van der Waals surface area contributed by atoms with Crippen molar-refractivity contribution in [3.8, 4) is 0 Å². The lowest BCUT2D eigenvalue weighted by molar-refractivity contribution is -0.143. The van der Waals surface area contributed by atoms with Crippen molar-refractivity contribution in [1.29, 1.82) is 5.41 Å². The zero-order valence-corrected chi connectivity index (χ0v) is 38.8. The van der Waals surface area contributed by atoms with Gasteiger partial charge < -0.3 is 73.8 Å². The van der Waals surface area contributed by atoms with Crippen LogP contribution in [0.2, 0.25) is 0 Å². The van der Waals surface area contributed by atoms with E-state index in [-0.39, 0.29) is 54.4 Å². The first-order chi connectivity index (χ1) is 33.2. The number of methoxy groups -OCH3 is 1. The highest BCUT2D eigenvalue weighted by molar-refractivity contribution is 8.76. The minimum atomic E-state index is -1.89. The van der Waals surface area contributed by atoms with Gasteiger partial charge in [0, 0.05) is 42.8 Å². The number of ether oxygens (including phenoxy) is 1. The van der Waals surface area contributed by atoms with Gasteiger partial charge in [-0.2, -0.15) is 4.98 Å². The molecule has 0 unspecified atom stereocenters. The highest BCUT2D eigenvalue weighted by atomic mass is 33.1. The van der Waals surface area contributed by atoms with E-state index in [1.807, 2.05) is 0 Å². The summed E-state index contributed by atoms with van der Waals surface area (Å²) in [6, 6.07) is -2.83. The van der Waals surface area contributed by atoms with E-state index in [0.29, 0.717) is 23.7 Å². The second-order valence-electron chi connectivity index (χ2n) is 14.7. The lowest BCUT2D eigenvalue weighted by Gasteiger charge is -2.25. The number of H-pyrrole nitrogens is 1. The third kappa shape index (κ3) is 19.8. The van der Waals surface area contributed by atoms with Crippen molar-refractivity contribution in [1.82, 2.24) is 51.8 Å². The number of anilines is 2. The molecule has 0 saturated heterocycles. The second-order valence-corrected chi connectivity index (χ2v) is 17.4. The number of carboxylic acids is 4. The van der Waals surface area contributed by atoms with E-state index in [1.165, 1.54) is 48.4 Å². The number of aliphatic carboxylic acids is 4. The van der Waals surface area contributed by atoms with Gasteiger partial charge in [-0.3, -0.25) is 48.7 Å². The highest BCUT2D eigenvalue weighted by Gasteiger charge is 2.33. The Labute approximate surface area is 404 Å². The third-order valence-corrected chi connectivity index (χ3v) is 11.7. The fourth-order valence-electron chi connectivity index (χ4n) is 5.88. The smallest absolute Gasteiger partial charge is 0.327 e. The number of carbonyl (C=O) groups is 9. The number of carboxylic acid groups (broad SMARTS) is 4. The molecular weight excluding hydrogens is 969 g/mol. The quantitative estimate of drug-likeness (QED) is 0.0133. The van der Waals surface area contributed by atoms with Crippen LogP contribution in [0.4, 0.5) is 11.6 Å². The minimum absolute atomic E-state index is 0.00696. The van der Waals surface area contributed by atoms with Gasteiger partial charge in [0.1, 0.15) is 30.2 Å². The van der Waals surface area contributed by atoms with Crippen LogP contribution in [0.3, 0.4) is 0 Å². The molecule has 0 aliphatic carbocycles. The topological polar surface area (TPSA) is 475 Å². The van der Waals surface area contributed by atoms with Crippen LogP contribution in [-0.2, 0) is 49.6 Å². The first kappa shape index (κ1) is 56.5. The van der Waals surface area contributed by atoms with E-state index in [0.717, 1.165) is 10.8 Å². The summed E-state index contributed by atoms with van der Waals surface area (Å²) in [7, 11) is 3.81. The first-order valence-electron chi connectivity index (χ1n) is 20.7. The number of hydrogen-bond acceptors (Lipinski definition) is 19. The Morgan fingerprint density at radius 3 is 1.99 bits per heavy atom. The van der Waals surface area contributed by atoms with Gasteiger partial charge in [-0.25, -0.2) is 19.6 Å². The molecule has 5 amide bonds. The molecule has 70 heavy (non-hydrogen) atoms. The molecule has 2 aromatic heterocycles. The van der Waals surface area contributed by atoms with Gasteiger partial charge in [0.2, 0.25) is 29.6 Å². The summed E-state index contributed by atoms with van der Waals surface area (Å²) in [6.07, 6.45) is -2.20. The molecule has 0 aliphatic rings. The molecule has 3 rings (SSSR count). The van der Waals surface area contributed by atoms with Gasteiger partial charge in [0.15, 0.2) is 17.1 Å². The molecule has 29 nitrogen and oxygen atoms in total. The van der Waals surface area contributed by atoms with Gasteiger partial charge in [-0.1, -0.05) is 21.6 Å². The number of benzene rings is 1. The molecule has 0 saturated carbocycles. The SMILES string of the molecule is COCCSSC[C@H](NC(=O)[C@H](CC(=O)O)NC(=O)[C@H](CCCNC(=N)N)NC(=O)[C@H](CC(=O)O)NC(=O)CC[C@H](NC(=O)c1ccc(NCc2cnc3nc(N)[nH]c(=O)c3n2)cc1)C(=O)O)C(=O)O. The number of aromatic amines is 1. The number of nitrogens with zero attached hydrogens (tertiary/aromatic N) is 3. The molecule has 3 aromatic rings. The molecule has 0 fully saturated rings. The van der Waals surface area contributed by atoms with Crippen molar-refractivity contribution in [3.63, 3.8) is 0 Å². The fraction of sp³-hybridized carbons (Fsp3) is 0.436. The van der Waals surface area contributed by atoms with Crippen molar-refractivity contribution >= 4 is 104 Å². The number of amides is 5. The monoisotopic (exact) mass is 1020 g/mol. The predicted molar refractivity (Wildman–Crippen MR) is 250 cm³/mol. The lowest BCUT2D eigenvalue weighted by Crippen LogP contribution is -2.58. The summed E-state index contributed by atoms with van der Waals surface area (Å²) < 4.78 is 4.92. The van der Waals surface area contributed by atoms with Gasteiger partial charge in [-0.15, -0.1) is 0 Å².